The van der Waals surface area contributed by atoms with Crippen LogP contribution in [0, 0.1) is 6.92 Å². The molecular weight excluding hydrogens is 442 g/mol. The van der Waals surface area contributed by atoms with Gasteiger partial charge in [-0.3, -0.25) is 14.3 Å². The molecule has 0 saturated heterocycles. The van der Waals surface area contributed by atoms with Gasteiger partial charge >= 0.3 is 0 Å². The average molecular weight is 470 g/mol. The maximum atomic E-state index is 13.2. The van der Waals surface area contributed by atoms with Gasteiger partial charge in [-0.05, 0) is 56.5 Å². The molecule has 168 valence electrons. The Morgan fingerprint density at radius 2 is 1.88 bits per heavy atom. The average Bonchev–Trinajstić information content (AvgIpc) is 3.24. The first-order valence-corrected chi connectivity index (χ1v) is 12.3. The fourth-order valence-electron chi connectivity index (χ4n) is 4.23. The molecule has 0 radical (unpaired) electrons. The number of thioether (sulfide) groups is 1. The third-order valence-corrected chi connectivity index (χ3v) is 7.59. The van der Waals surface area contributed by atoms with Crippen molar-refractivity contribution < 1.29 is 4.79 Å². The summed E-state index contributed by atoms with van der Waals surface area (Å²) in [5, 5.41) is 10.0. The van der Waals surface area contributed by atoms with E-state index >= 15 is 0 Å². The molecule has 1 unspecified atom stereocenters. The summed E-state index contributed by atoms with van der Waals surface area (Å²) in [5.41, 5.74) is 2.73. The lowest BCUT2D eigenvalue weighted by atomic mass is 9.94. The van der Waals surface area contributed by atoms with Gasteiger partial charge in [0.25, 0.3) is 0 Å². The van der Waals surface area contributed by atoms with E-state index in [-0.39, 0.29) is 11.2 Å². The molecule has 4 rings (SSSR count). The summed E-state index contributed by atoms with van der Waals surface area (Å²) < 4.78 is 1.99. The molecule has 3 aromatic rings. The molecule has 2 heterocycles. The molecule has 1 fully saturated rings. The third kappa shape index (κ3) is 4.69. The standard InChI is InChI=1S/C24H28ClN5OS/c1-16-20(25)10-7-11-21(16)30-22(18-12-14-26-15-13-18)27-28-24(30)32-17(2)23(31)29(3)19-8-5-4-6-9-19/h7,10-15,17,19H,4-6,8-9H2,1-3H3. The van der Waals surface area contributed by atoms with E-state index in [0.717, 1.165) is 29.7 Å². The molecule has 0 spiro atoms. The van der Waals surface area contributed by atoms with Crippen molar-refractivity contribution in [1.82, 2.24) is 24.6 Å². The zero-order valence-electron chi connectivity index (χ0n) is 18.7. The fraction of sp³-hybridized carbons (Fsp3) is 0.417. The summed E-state index contributed by atoms with van der Waals surface area (Å²) in [6, 6.07) is 9.93. The largest absolute Gasteiger partial charge is 0.342 e. The number of amides is 1. The van der Waals surface area contributed by atoms with Crippen LogP contribution in [0.4, 0.5) is 0 Å². The second kappa shape index (κ2) is 10.0. The molecule has 6 nitrogen and oxygen atoms in total. The smallest absolute Gasteiger partial charge is 0.235 e. The van der Waals surface area contributed by atoms with Gasteiger partial charge in [0, 0.05) is 36.1 Å². The molecule has 32 heavy (non-hydrogen) atoms. The van der Waals surface area contributed by atoms with E-state index in [1.807, 2.05) is 60.7 Å². The lowest BCUT2D eigenvalue weighted by molar-refractivity contribution is -0.131. The first-order chi connectivity index (χ1) is 15.5. The molecule has 1 atom stereocenters. The van der Waals surface area contributed by atoms with E-state index in [1.54, 1.807) is 12.4 Å². The molecule has 1 aliphatic rings. The first-order valence-electron chi connectivity index (χ1n) is 11.0. The van der Waals surface area contributed by atoms with Crippen molar-refractivity contribution in [1.29, 1.82) is 0 Å². The summed E-state index contributed by atoms with van der Waals surface area (Å²) in [7, 11) is 1.93. The van der Waals surface area contributed by atoms with Crippen LogP contribution in [-0.4, -0.2) is 48.9 Å². The van der Waals surface area contributed by atoms with Crippen molar-refractivity contribution in [3.8, 4) is 17.1 Å². The number of carbonyl (C=O) groups excluding carboxylic acids is 1. The number of hydrogen-bond donors (Lipinski definition) is 0. The second-order valence-corrected chi connectivity index (χ2v) is 9.98. The number of carbonyl (C=O) groups is 1. The van der Waals surface area contributed by atoms with E-state index in [2.05, 4.69) is 15.2 Å². The highest BCUT2D eigenvalue weighted by molar-refractivity contribution is 8.00. The van der Waals surface area contributed by atoms with Crippen LogP contribution in [0.3, 0.4) is 0 Å². The van der Waals surface area contributed by atoms with E-state index in [9.17, 15) is 4.79 Å². The van der Waals surface area contributed by atoms with E-state index in [0.29, 0.717) is 22.0 Å². The lowest BCUT2D eigenvalue weighted by Crippen LogP contribution is -2.42. The number of aromatic nitrogens is 4. The summed E-state index contributed by atoms with van der Waals surface area (Å²) in [4.78, 5) is 19.3. The minimum absolute atomic E-state index is 0.129. The Kier molecular flexibility index (Phi) is 7.16. The SMILES string of the molecule is Cc1c(Cl)cccc1-n1c(SC(C)C(=O)N(C)C2CCCCC2)nnc1-c1ccncc1. The van der Waals surface area contributed by atoms with E-state index < -0.39 is 0 Å². The number of rotatable bonds is 6. The number of nitrogens with zero attached hydrogens (tertiary/aromatic N) is 5. The van der Waals surface area contributed by atoms with Crippen molar-refractivity contribution in [3.63, 3.8) is 0 Å². The monoisotopic (exact) mass is 469 g/mol. The van der Waals surface area contributed by atoms with Crippen molar-refractivity contribution >= 4 is 29.3 Å². The number of hydrogen-bond acceptors (Lipinski definition) is 5. The third-order valence-electron chi connectivity index (χ3n) is 6.15. The van der Waals surface area contributed by atoms with Crippen LogP contribution in [0.2, 0.25) is 5.02 Å². The lowest BCUT2D eigenvalue weighted by Gasteiger charge is -2.32. The quantitative estimate of drug-likeness (QED) is 0.442. The highest BCUT2D eigenvalue weighted by Gasteiger charge is 2.28. The highest BCUT2D eigenvalue weighted by atomic mass is 35.5. The van der Waals surface area contributed by atoms with Crippen LogP contribution >= 0.6 is 23.4 Å². The molecule has 2 aromatic heterocycles. The Labute approximate surface area is 198 Å². The molecule has 0 bridgehead atoms. The molecule has 1 aliphatic carbocycles. The number of halogens is 1. The summed E-state index contributed by atoms with van der Waals surface area (Å²) in [6.45, 7) is 3.93. The van der Waals surface area contributed by atoms with Crippen LogP contribution in [0.15, 0.2) is 47.9 Å². The summed E-state index contributed by atoms with van der Waals surface area (Å²) >= 11 is 7.87. The van der Waals surface area contributed by atoms with Gasteiger partial charge < -0.3 is 4.90 Å². The van der Waals surface area contributed by atoms with Crippen molar-refractivity contribution in [3.05, 3.63) is 53.3 Å². The van der Waals surface area contributed by atoms with Crippen LogP contribution in [0.1, 0.15) is 44.6 Å². The van der Waals surface area contributed by atoms with Crippen LogP contribution in [0.25, 0.3) is 17.1 Å². The van der Waals surface area contributed by atoms with Crippen molar-refractivity contribution in [2.24, 2.45) is 0 Å². The fourth-order valence-corrected chi connectivity index (χ4v) is 5.36. The van der Waals surface area contributed by atoms with Crippen molar-refractivity contribution in [2.45, 2.75) is 62.4 Å². The van der Waals surface area contributed by atoms with Gasteiger partial charge in [-0.15, -0.1) is 10.2 Å². The summed E-state index contributed by atoms with van der Waals surface area (Å²) in [6.07, 6.45) is 9.30. The zero-order valence-corrected chi connectivity index (χ0v) is 20.2. The van der Waals surface area contributed by atoms with E-state index in [4.69, 9.17) is 11.6 Å². The summed E-state index contributed by atoms with van der Waals surface area (Å²) in [5.74, 6) is 0.824. The maximum Gasteiger partial charge on any atom is 0.235 e. The Hall–Kier alpha value is -2.38. The zero-order chi connectivity index (χ0) is 22.7. The van der Waals surface area contributed by atoms with Crippen LogP contribution in [0.5, 0.6) is 0 Å². The molecule has 0 N–H and O–H groups in total. The minimum atomic E-state index is -0.283. The van der Waals surface area contributed by atoms with Gasteiger partial charge in [0.2, 0.25) is 5.91 Å². The number of pyridine rings is 1. The van der Waals surface area contributed by atoms with Crippen LogP contribution < -0.4 is 0 Å². The number of benzene rings is 1. The predicted molar refractivity (Wildman–Crippen MR) is 129 cm³/mol. The molecule has 1 amide bonds. The van der Waals surface area contributed by atoms with Gasteiger partial charge in [0.15, 0.2) is 11.0 Å². The van der Waals surface area contributed by atoms with E-state index in [1.165, 1.54) is 31.0 Å². The van der Waals surface area contributed by atoms with Crippen molar-refractivity contribution in [2.75, 3.05) is 7.05 Å². The molecular formula is C24H28ClN5OS. The first kappa shape index (κ1) is 22.8. The van der Waals surface area contributed by atoms with Gasteiger partial charge in [0.1, 0.15) is 0 Å². The van der Waals surface area contributed by atoms with Gasteiger partial charge in [-0.2, -0.15) is 0 Å². The molecule has 1 aromatic carbocycles. The highest BCUT2D eigenvalue weighted by Crippen LogP contribution is 2.34. The second-order valence-electron chi connectivity index (χ2n) is 8.26. The minimum Gasteiger partial charge on any atom is -0.342 e. The Morgan fingerprint density at radius 3 is 2.59 bits per heavy atom. The topological polar surface area (TPSA) is 63.9 Å². The van der Waals surface area contributed by atoms with Gasteiger partial charge in [-0.1, -0.05) is 48.7 Å². The van der Waals surface area contributed by atoms with Crippen LogP contribution in [-0.2, 0) is 4.79 Å². The van der Waals surface area contributed by atoms with Gasteiger partial charge in [0.05, 0.1) is 10.9 Å². The Bertz CT molecular complexity index is 1080. The van der Waals surface area contributed by atoms with Gasteiger partial charge in [-0.25, -0.2) is 0 Å². The molecule has 1 saturated carbocycles. The normalized spacial score (nSPS) is 15.5. The Balaban J connectivity index is 1.67. The Morgan fingerprint density at radius 1 is 1.16 bits per heavy atom. The predicted octanol–water partition coefficient (Wildman–Crippen LogP) is 5.56. The maximum absolute atomic E-state index is 13.2. The molecule has 0 aliphatic heterocycles. The molecule has 8 heteroatoms.